The second-order valence-corrected chi connectivity index (χ2v) is 12.4. The molecule has 2 aromatic carbocycles. The van der Waals surface area contributed by atoms with E-state index in [0.29, 0.717) is 23.4 Å². The summed E-state index contributed by atoms with van der Waals surface area (Å²) >= 11 is 5.91. The first kappa shape index (κ1) is 23.6. The smallest absolute Gasteiger partial charge is 0.253 e. The number of anilines is 1. The molecule has 0 radical (unpaired) electrons. The van der Waals surface area contributed by atoms with Gasteiger partial charge < -0.3 is 9.80 Å². The van der Waals surface area contributed by atoms with Gasteiger partial charge in [0.25, 0.3) is 5.91 Å². The van der Waals surface area contributed by atoms with Crippen LogP contribution in [0.15, 0.2) is 53.4 Å². The van der Waals surface area contributed by atoms with Crippen molar-refractivity contribution in [3.05, 3.63) is 59.1 Å². The molecule has 1 amide bonds. The van der Waals surface area contributed by atoms with Crippen molar-refractivity contribution in [1.82, 2.24) is 9.21 Å². The summed E-state index contributed by atoms with van der Waals surface area (Å²) in [4.78, 5) is 17.7. The van der Waals surface area contributed by atoms with Gasteiger partial charge in [0, 0.05) is 55.5 Å². The minimum Gasteiger partial charge on any atom is -0.370 e. The zero-order chi connectivity index (χ0) is 23.9. The quantitative estimate of drug-likeness (QED) is 0.605. The van der Waals surface area contributed by atoms with E-state index < -0.39 is 10.0 Å². The summed E-state index contributed by atoms with van der Waals surface area (Å²) in [5.41, 5.74) is 1.76. The topological polar surface area (TPSA) is 60.9 Å². The zero-order valence-electron chi connectivity index (χ0n) is 19.6. The van der Waals surface area contributed by atoms with Crippen LogP contribution in [0.25, 0.3) is 0 Å². The second-order valence-electron chi connectivity index (χ2n) is 10.0. The van der Waals surface area contributed by atoms with E-state index in [4.69, 9.17) is 11.6 Å². The van der Waals surface area contributed by atoms with Crippen LogP contribution in [0, 0.1) is 11.8 Å². The molecule has 6 rings (SSSR count). The first-order valence-electron chi connectivity index (χ1n) is 12.2. The number of likely N-dealkylation sites (N-methyl/N-ethyl adjacent to an activating group) is 1. The number of hydrogen-bond acceptors (Lipinski definition) is 4. The van der Waals surface area contributed by atoms with E-state index in [-0.39, 0.29) is 16.8 Å². The maximum absolute atomic E-state index is 13.1. The van der Waals surface area contributed by atoms with Crippen molar-refractivity contribution in [2.75, 3.05) is 38.1 Å². The maximum atomic E-state index is 13.1. The molecule has 1 atom stereocenters. The molecule has 0 N–H and O–H groups in total. The molecule has 4 fully saturated rings. The van der Waals surface area contributed by atoms with Crippen molar-refractivity contribution in [3.63, 3.8) is 0 Å². The number of fused-ring (bicyclic) bond motifs is 4. The van der Waals surface area contributed by atoms with Crippen LogP contribution in [-0.2, 0) is 10.0 Å². The Balaban J connectivity index is 1.23. The largest absolute Gasteiger partial charge is 0.370 e. The van der Waals surface area contributed by atoms with E-state index in [1.807, 2.05) is 24.3 Å². The zero-order valence-corrected chi connectivity index (χ0v) is 21.1. The molecule has 0 spiro atoms. The number of sulfonamides is 1. The lowest BCUT2D eigenvalue weighted by Gasteiger charge is -2.25. The third-order valence-electron chi connectivity index (χ3n) is 7.86. The fourth-order valence-electron chi connectivity index (χ4n) is 5.70. The molecule has 1 aliphatic carbocycles. The molecule has 1 saturated carbocycles. The maximum Gasteiger partial charge on any atom is 0.253 e. The van der Waals surface area contributed by atoms with E-state index >= 15 is 0 Å². The number of hydrogen-bond donors (Lipinski definition) is 0. The molecular formula is C26H32ClN3O3S. The highest BCUT2D eigenvalue weighted by Crippen LogP contribution is 2.34. The molecule has 182 valence electrons. The van der Waals surface area contributed by atoms with Gasteiger partial charge in [-0.05, 0) is 92.5 Å². The number of benzene rings is 2. The third kappa shape index (κ3) is 4.70. The van der Waals surface area contributed by atoms with Crippen molar-refractivity contribution in [1.29, 1.82) is 0 Å². The number of amides is 1. The molecule has 3 saturated heterocycles. The van der Waals surface area contributed by atoms with Gasteiger partial charge in [-0.25, -0.2) is 8.42 Å². The van der Waals surface area contributed by atoms with Gasteiger partial charge in [-0.1, -0.05) is 11.6 Å². The van der Waals surface area contributed by atoms with Crippen LogP contribution in [0.3, 0.4) is 0 Å². The predicted octanol–water partition coefficient (Wildman–Crippen LogP) is 4.50. The summed E-state index contributed by atoms with van der Waals surface area (Å²) in [7, 11) is -1.94. The van der Waals surface area contributed by atoms with Gasteiger partial charge in [-0.3, -0.25) is 4.79 Å². The molecule has 3 heterocycles. The van der Waals surface area contributed by atoms with E-state index in [1.165, 1.54) is 30.0 Å². The van der Waals surface area contributed by atoms with Crippen molar-refractivity contribution in [2.45, 2.75) is 43.0 Å². The van der Waals surface area contributed by atoms with Crippen LogP contribution in [0.5, 0.6) is 0 Å². The van der Waals surface area contributed by atoms with E-state index in [1.54, 1.807) is 31.3 Å². The van der Waals surface area contributed by atoms with Crippen molar-refractivity contribution < 1.29 is 13.2 Å². The van der Waals surface area contributed by atoms with Gasteiger partial charge in [0.05, 0.1) is 4.90 Å². The average Bonchev–Trinajstić information content (AvgIpc) is 3.14. The Labute approximate surface area is 207 Å². The number of carbonyl (C=O) groups excluding carboxylic acids is 1. The third-order valence-corrected chi connectivity index (χ3v) is 10.0. The van der Waals surface area contributed by atoms with Crippen LogP contribution in [-0.4, -0.2) is 62.8 Å². The highest BCUT2D eigenvalue weighted by molar-refractivity contribution is 7.89. The van der Waals surface area contributed by atoms with Gasteiger partial charge >= 0.3 is 0 Å². The number of rotatable bonds is 5. The van der Waals surface area contributed by atoms with Crippen LogP contribution in [0.4, 0.5) is 5.69 Å². The standard InChI is InChI=1S/C26H32ClN3O3S/c1-28(34(32,33)25-12-8-22(27)9-13-25)24-14-15-29(18-24)23-10-6-21(7-11-23)26(31)30-16-19-2-3-20(17-30)5-4-19/h6-13,19-20,24H,2-5,14-18H2,1H3. The summed E-state index contributed by atoms with van der Waals surface area (Å²) in [5.74, 6) is 1.45. The summed E-state index contributed by atoms with van der Waals surface area (Å²) in [6, 6.07) is 14.0. The minimum absolute atomic E-state index is 0.116. The van der Waals surface area contributed by atoms with E-state index in [0.717, 1.165) is 37.3 Å². The average molecular weight is 502 g/mol. The van der Waals surface area contributed by atoms with Gasteiger partial charge in [0.15, 0.2) is 0 Å². The molecule has 2 bridgehead atoms. The highest BCUT2D eigenvalue weighted by Gasteiger charge is 2.34. The van der Waals surface area contributed by atoms with E-state index in [2.05, 4.69) is 9.80 Å². The lowest BCUT2D eigenvalue weighted by atomic mass is 9.84. The fourth-order valence-corrected chi connectivity index (χ4v) is 7.20. The Morgan fingerprint density at radius 3 is 2.06 bits per heavy atom. The minimum atomic E-state index is -3.58. The van der Waals surface area contributed by atoms with Crippen molar-refractivity contribution >= 4 is 33.2 Å². The van der Waals surface area contributed by atoms with Gasteiger partial charge in [-0.15, -0.1) is 0 Å². The lowest BCUT2D eigenvalue weighted by molar-refractivity contribution is 0.0739. The van der Waals surface area contributed by atoms with Gasteiger partial charge in [0.2, 0.25) is 10.0 Å². The molecule has 6 nitrogen and oxygen atoms in total. The Bertz CT molecular complexity index is 1110. The van der Waals surface area contributed by atoms with Crippen LogP contribution in [0.1, 0.15) is 42.5 Å². The van der Waals surface area contributed by atoms with E-state index in [9.17, 15) is 13.2 Å². The summed E-state index contributed by atoms with van der Waals surface area (Å²) in [6.45, 7) is 3.17. The highest BCUT2D eigenvalue weighted by atomic mass is 35.5. The van der Waals surface area contributed by atoms with Gasteiger partial charge in [0.1, 0.15) is 0 Å². The Morgan fingerprint density at radius 1 is 0.882 bits per heavy atom. The predicted molar refractivity (Wildman–Crippen MR) is 135 cm³/mol. The molecular weight excluding hydrogens is 470 g/mol. The van der Waals surface area contributed by atoms with Crippen LogP contribution >= 0.6 is 11.6 Å². The Morgan fingerprint density at radius 2 is 1.47 bits per heavy atom. The normalized spacial score (nSPS) is 25.1. The fraction of sp³-hybridized carbons (Fsp3) is 0.500. The molecule has 1 unspecified atom stereocenters. The monoisotopic (exact) mass is 501 g/mol. The second kappa shape index (κ2) is 9.51. The Hall–Kier alpha value is -2.09. The van der Waals surface area contributed by atoms with Gasteiger partial charge in [-0.2, -0.15) is 4.31 Å². The summed E-state index contributed by atoms with van der Waals surface area (Å²) < 4.78 is 27.6. The van der Waals surface area contributed by atoms with Crippen molar-refractivity contribution in [3.8, 4) is 0 Å². The number of halogens is 1. The lowest BCUT2D eigenvalue weighted by Crippen LogP contribution is -2.39. The molecule has 2 aromatic rings. The van der Waals surface area contributed by atoms with Crippen LogP contribution in [0.2, 0.25) is 5.02 Å². The molecule has 0 aromatic heterocycles. The SMILES string of the molecule is CN(C1CCN(c2ccc(C(=O)N3CC4CCC(CC4)C3)cc2)C1)S(=O)(=O)c1ccc(Cl)cc1. The first-order valence-corrected chi connectivity index (χ1v) is 14.0. The van der Waals surface area contributed by atoms with Crippen LogP contribution < -0.4 is 4.90 Å². The summed E-state index contributed by atoms with van der Waals surface area (Å²) in [6.07, 6.45) is 5.77. The molecule has 8 heteroatoms. The van der Waals surface area contributed by atoms with Crippen molar-refractivity contribution in [2.24, 2.45) is 11.8 Å². The molecule has 3 aliphatic heterocycles. The summed E-state index contributed by atoms with van der Waals surface area (Å²) in [5, 5.41) is 0.513. The number of nitrogens with zero attached hydrogens (tertiary/aromatic N) is 3. The number of carbonyl (C=O) groups is 1. The Kier molecular flexibility index (Phi) is 6.62. The molecule has 34 heavy (non-hydrogen) atoms. The first-order chi connectivity index (χ1) is 16.3. The molecule has 4 aliphatic rings.